The van der Waals surface area contributed by atoms with Crippen LogP contribution in [0.1, 0.15) is 0 Å². The van der Waals surface area contributed by atoms with Crippen molar-refractivity contribution < 1.29 is 0 Å². The Morgan fingerprint density at radius 2 is 1.63 bits per heavy atom. The van der Waals surface area contributed by atoms with E-state index >= 15 is 0 Å². The SMILES string of the molecule is O=c1c(Cl)cc2cc(Cl)ccc2n1-c1ccccc1. The van der Waals surface area contributed by atoms with Crippen molar-refractivity contribution in [2.45, 2.75) is 0 Å². The van der Waals surface area contributed by atoms with Crippen LogP contribution in [0.25, 0.3) is 16.6 Å². The molecule has 0 saturated heterocycles. The lowest BCUT2D eigenvalue weighted by molar-refractivity contribution is 1.04. The lowest BCUT2D eigenvalue weighted by Crippen LogP contribution is -2.18. The van der Waals surface area contributed by atoms with Crippen molar-refractivity contribution in [1.82, 2.24) is 4.57 Å². The molecule has 0 aliphatic heterocycles. The van der Waals surface area contributed by atoms with Crippen LogP contribution >= 0.6 is 23.2 Å². The van der Waals surface area contributed by atoms with Crippen LogP contribution in [0.4, 0.5) is 0 Å². The van der Waals surface area contributed by atoms with Crippen molar-refractivity contribution >= 4 is 34.1 Å². The van der Waals surface area contributed by atoms with Gasteiger partial charge in [0.2, 0.25) is 0 Å². The molecule has 19 heavy (non-hydrogen) atoms. The number of hydrogen-bond acceptors (Lipinski definition) is 1. The van der Waals surface area contributed by atoms with Crippen LogP contribution < -0.4 is 5.56 Å². The molecule has 0 atom stereocenters. The molecule has 0 spiro atoms. The molecule has 2 aromatic carbocycles. The Bertz CT molecular complexity index is 809. The Kier molecular flexibility index (Phi) is 3.05. The first kappa shape index (κ1) is 12.3. The predicted molar refractivity (Wildman–Crippen MR) is 79.6 cm³/mol. The molecule has 94 valence electrons. The zero-order chi connectivity index (χ0) is 13.4. The van der Waals surface area contributed by atoms with Gasteiger partial charge in [-0.25, -0.2) is 0 Å². The zero-order valence-corrected chi connectivity index (χ0v) is 11.3. The van der Waals surface area contributed by atoms with Crippen molar-refractivity contribution in [3.05, 3.63) is 75.0 Å². The van der Waals surface area contributed by atoms with Crippen molar-refractivity contribution in [2.24, 2.45) is 0 Å². The Labute approximate surface area is 119 Å². The quantitative estimate of drug-likeness (QED) is 0.655. The summed E-state index contributed by atoms with van der Waals surface area (Å²) in [6.45, 7) is 0. The zero-order valence-electron chi connectivity index (χ0n) is 9.81. The van der Waals surface area contributed by atoms with Crippen LogP contribution in [0.15, 0.2) is 59.4 Å². The molecule has 0 amide bonds. The highest BCUT2D eigenvalue weighted by Gasteiger charge is 2.09. The van der Waals surface area contributed by atoms with Crippen LogP contribution in [-0.2, 0) is 0 Å². The van der Waals surface area contributed by atoms with Gasteiger partial charge in [0.1, 0.15) is 5.02 Å². The molecule has 4 heteroatoms. The van der Waals surface area contributed by atoms with Gasteiger partial charge in [0.25, 0.3) is 5.56 Å². The Morgan fingerprint density at radius 3 is 2.37 bits per heavy atom. The fraction of sp³-hybridized carbons (Fsp3) is 0. The summed E-state index contributed by atoms with van der Waals surface area (Å²) in [6.07, 6.45) is 0. The average molecular weight is 290 g/mol. The summed E-state index contributed by atoms with van der Waals surface area (Å²) in [5, 5.41) is 1.63. The van der Waals surface area contributed by atoms with Gasteiger partial charge in [-0.15, -0.1) is 0 Å². The van der Waals surface area contributed by atoms with Crippen LogP contribution in [0.5, 0.6) is 0 Å². The number of para-hydroxylation sites is 1. The fourth-order valence-corrected chi connectivity index (χ4v) is 2.48. The average Bonchev–Trinajstić information content (AvgIpc) is 2.41. The first-order valence-electron chi connectivity index (χ1n) is 5.73. The number of aromatic nitrogens is 1. The molecule has 0 aliphatic rings. The lowest BCUT2D eigenvalue weighted by Gasteiger charge is -2.11. The van der Waals surface area contributed by atoms with Gasteiger partial charge in [0.05, 0.1) is 5.52 Å². The summed E-state index contributed by atoms with van der Waals surface area (Å²) in [6, 6.07) is 16.4. The first-order valence-corrected chi connectivity index (χ1v) is 6.48. The van der Waals surface area contributed by atoms with Crippen molar-refractivity contribution in [3.63, 3.8) is 0 Å². The van der Waals surface area contributed by atoms with Crippen molar-refractivity contribution in [2.75, 3.05) is 0 Å². The number of fused-ring (bicyclic) bond motifs is 1. The van der Waals surface area contributed by atoms with E-state index < -0.39 is 0 Å². The van der Waals surface area contributed by atoms with Crippen molar-refractivity contribution in [1.29, 1.82) is 0 Å². The second-order valence-corrected chi connectivity index (χ2v) is 5.02. The first-order chi connectivity index (χ1) is 9.16. The topological polar surface area (TPSA) is 22.0 Å². The number of pyridine rings is 1. The van der Waals surface area contributed by atoms with E-state index in [1.165, 1.54) is 0 Å². The third-order valence-corrected chi connectivity index (χ3v) is 3.44. The Morgan fingerprint density at radius 1 is 0.895 bits per heavy atom. The molecule has 0 fully saturated rings. The van der Waals surface area contributed by atoms with E-state index in [-0.39, 0.29) is 10.6 Å². The van der Waals surface area contributed by atoms with Gasteiger partial charge in [-0.05, 0) is 36.4 Å². The molecule has 0 unspecified atom stereocenters. The third kappa shape index (κ3) is 2.14. The molecule has 1 aromatic heterocycles. The number of benzene rings is 2. The van der Waals surface area contributed by atoms with E-state index in [9.17, 15) is 4.79 Å². The lowest BCUT2D eigenvalue weighted by atomic mass is 10.2. The monoisotopic (exact) mass is 289 g/mol. The fourth-order valence-electron chi connectivity index (χ4n) is 2.09. The molecule has 1 heterocycles. The van der Waals surface area contributed by atoms with E-state index in [4.69, 9.17) is 23.2 Å². The molecule has 0 aliphatic carbocycles. The highest BCUT2D eigenvalue weighted by molar-refractivity contribution is 6.32. The van der Waals surface area contributed by atoms with E-state index in [0.29, 0.717) is 5.02 Å². The van der Waals surface area contributed by atoms with Gasteiger partial charge < -0.3 is 0 Å². The minimum absolute atomic E-state index is 0.179. The summed E-state index contributed by atoms with van der Waals surface area (Å²) < 4.78 is 1.59. The maximum Gasteiger partial charge on any atom is 0.274 e. The molecular formula is C15H9Cl2NO. The second kappa shape index (κ2) is 4.72. The van der Waals surface area contributed by atoms with Gasteiger partial charge in [-0.3, -0.25) is 9.36 Å². The summed E-state index contributed by atoms with van der Waals surface area (Å²) in [4.78, 5) is 12.3. The molecule has 2 nitrogen and oxygen atoms in total. The van der Waals surface area contributed by atoms with Crippen molar-refractivity contribution in [3.8, 4) is 5.69 Å². The third-order valence-electron chi connectivity index (χ3n) is 2.93. The van der Waals surface area contributed by atoms with Crippen LogP contribution in [-0.4, -0.2) is 4.57 Å². The Balaban J connectivity index is 2.46. The molecule has 0 radical (unpaired) electrons. The van der Waals surface area contributed by atoms with E-state index in [2.05, 4.69) is 0 Å². The minimum atomic E-state index is -0.234. The van der Waals surface area contributed by atoms with Gasteiger partial charge in [0, 0.05) is 16.1 Å². The van der Waals surface area contributed by atoms with Crippen LogP contribution in [0.2, 0.25) is 10.0 Å². The molecule has 3 aromatic rings. The van der Waals surface area contributed by atoms with Gasteiger partial charge in [-0.2, -0.15) is 0 Å². The number of rotatable bonds is 1. The van der Waals surface area contributed by atoms with Crippen LogP contribution in [0.3, 0.4) is 0 Å². The summed E-state index contributed by atoms with van der Waals surface area (Å²) in [5.41, 5.74) is 1.33. The summed E-state index contributed by atoms with van der Waals surface area (Å²) in [5.74, 6) is 0. The van der Waals surface area contributed by atoms with Gasteiger partial charge in [-0.1, -0.05) is 41.4 Å². The van der Waals surface area contributed by atoms with Gasteiger partial charge in [0.15, 0.2) is 0 Å². The highest BCUT2D eigenvalue weighted by Crippen LogP contribution is 2.22. The molecule has 3 rings (SSSR count). The maximum atomic E-state index is 12.3. The summed E-state index contributed by atoms with van der Waals surface area (Å²) >= 11 is 12.0. The number of nitrogens with zero attached hydrogens (tertiary/aromatic N) is 1. The largest absolute Gasteiger partial charge is 0.276 e. The smallest absolute Gasteiger partial charge is 0.274 e. The molecular weight excluding hydrogens is 281 g/mol. The molecule has 0 bridgehead atoms. The normalized spacial score (nSPS) is 10.8. The van der Waals surface area contributed by atoms with E-state index in [1.807, 2.05) is 36.4 Å². The van der Waals surface area contributed by atoms with Gasteiger partial charge >= 0.3 is 0 Å². The molecule has 0 N–H and O–H groups in total. The maximum absolute atomic E-state index is 12.3. The van der Waals surface area contributed by atoms with E-state index in [1.54, 1.807) is 22.8 Å². The van der Waals surface area contributed by atoms with E-state index in [0.717, 1.165) is 16.6 Å². The van der Waals surface area contributed by atoms with Crippen LogP contribution in [0, 0.1) is 0 Å². The predicted octanol–water partition coefficient (Wildman–Crippen LogP) is 4.30. The number of halogens is 2. The standard InChI is InChI=1S/C15H9Cl2NO/c16-11-6-7-14-10(8-11)9-13(17)15(19)18(14)12-4-2-1-3-5-12/h1-9H. The number of hydrogen-bond donors (Lipinski definition) is 0. The highest BCUT2D eigenvalue weighted by atomic mass is 35.5. The molecule has 0 saturated carbocycles. The minimum Gasteiger partial charge on any atom is -0.276 e. The summed E-state index contributed by atoms with van der Waals surface area (Å²) in [7, 11) is 0. The second-order valence-electron chi connectivity index (χ2n) is 4.17. The Hall–Kier alpha value is -1.77.